The summed E-state index contributed by atoms with van der Waals surface area (Å²) in [6, 6.07) is 0. The molecule has 16 heavy (non-hydrogen) atoms. The highest BCUT2D eigenvalue weighted by molar-refractivity contribution is 5.90. The lowest BCUT2D eigenvalue weighted by Crippen LogP contribution is -2.48. The third-order valence-corrected chi connectivity index (χ3v) is 2.04. The van der Waals surface area contributed by atoms with Gasteiger partial charge in [0.1, 0.15) is 5.82 Å². The zero-order chi connectivity index (χ0) is 11.7. The first-order valence-corrected chi connectivity index (χ1v) is 4.74. The van der Waals surface area contributed by atoms with Crippen molar-refractivity contribution in [2.75, 3.05) is 6.73 Å². The molecule has 0 saturated heterocycles. The molecule has 0 aliphatic carbocycles. The smallest absolute Gasteiger partial charge is 0.304 e. The molecule has 2 aliphatic heterocycles. The molecule has 0 radical (unpaired) electrons. The van der Waals surface area contributed by atoms with Crippen LogP contribution in [0.1, 0.15) is 13.8 Å². The number of carbonyl (C=O) groups excluding carboxylic acids is 2. The fourth-order valence-corrected chi connectivity index (χ4v) is 1.39. The molecular weight excluding hydrogens is 212 g/mol. The van der Waals surface area contributed by atoms with Crippen molar-refractivity contribution in [1.82, 2.24) is 20.9 Å². The Morgan fingerprint density at radius 2 is 2.31 bits per heavy atom. The summed E-state index contributed by atoms with van der Waals surface area (Å²) < 4.78 is 4.79. The number of hydrogen-bond acceptors (Lipinski definition) is 6. The second kappa shape index (κ2) is 3.86. The summed E-state index contributed by atoms with van der Waals surface area (Å²) in [6.45, 7) is 3.17. The summed E-state index contributed by atoms with van der Waals surface area (Å²) in [5.41, 5.74) is 3.53. The van der Waals surface area contributed by atoms with E-state index in [1.54, 1.807) is 13.1 Å². The van der Waals surface area contributed by atoms with Crippen LogP contribution in [0.25, 0.3) is 0 Å². The second-order valence-electron chi connectivity index (χ2n) is 3.48. The summed E-state index contributed by atoms with van der Waals surface area (Å²) in [7, 11) is 0. The van der Waals surface area contributed by atoms with E-state index in [2.05, 4.69) is 10.9 Å². The van der Waals surface area contributed by atoms with Crippen molar-refractivity contribution in [1.29, 1.82) is 0 Å². The molecule has 0 atom stereocenters. The number of carbonyl (C=O) groups is 2. The summed E-state index contributed by atoms with van der Waals surface area (Å²) >= 11 is 0. The van der Waals surface area contributed by atoms with Crippen molar-refractivity contribution in [3.8, 4) is 0 Å². The summed E-state index contributed by atoms with van der Waals surface area (Å²) in [4.78, 5) is 22.2. The van der Waals surface area contributed by atoms with Crippen LogP contribution in [-0.2, 0) is 14.3 Å². The Morgan fingerprint density at radius 1 is 1.56 bits per heavy atom. The molecule has 86 valence electrons. The van der Waals surface area contributed by atoms with Crippen LogP contribution in [0.15, 0.2) is 23.8 Å². The number of amides is 1. The third-order valence-electron chi connectivity index (χ3n) is 2.04. The first-order valence-electron chi connectivity index (χ1n) is 4.74. The maximum absolute atomic E-state index is 11.5. The Bertz CT molecular complexity index is 402. The molecular formula is C9H12N4O3. The van der Waals surface area contributed by atoms with Gasteiger partial charge in [-0.15, -0.1) is 5.53 Å². The van der Waals surface area contributed by atoms with Gasteiger partial charge < -0.3 is 10.1 Å². The van der Waals surface area contributed by atoms with Crippen LogP contribution in [0.3, 0.4) is 0 Å². The number of hydrazine groups is 2. The zero-order valence-electron chi connectivity index (χ0n) is 8.98. The second-order valence-corrected chi connectivity index (χ2v) is 3.48. The molecule has 2 aliphatic rings. The van der Waals surface area contributed by atoms with E-state index < -0.39 is 0 Å². The number of hydrogen-bond donors (Lipinski definition) is 2. The SMILES string of the molecule is CC(=O)OCN1C=C2NC(C)=CC(=O)N2N1. The highest BCUT2D eigenvalue weighted by Crippen LogP contribution is 2.15. The van der Waals surface area contributed by atoms with E-state index in [9.17, 15) is 9.59 Å². The molecule has 2 N–H and O–H groups in total. The van der Waals surface area contributed by atoms with E-state index in [-0.39, 0.29) is 18.6 Å². The van der Waals surface area contributed by atoms with Gasteiger partial charge in [0, 0.05) is 18.7 Å². The number of ether oxygens (including phenoxy) is 1. The summed E-state index contributed by atoms with van der Waals surface area (Å²) in [5.74, 6) is 0.0589. The lowest BCUT2D eigenvalue weighted by molar-refractivity contribution is -0.147. The maximum atomic E-state index is 11.5. The highest BCUT2D eigenvalue weighted by atomic mass is 16.5. The van der Waals surface area contributed by atoms with E-state index in [0.29, 0.717) is 5.82 Å². The average Bonchev–Trinajstić information content (AvgIpc) is 2.57. The molecule has 7 heteroatoms. The van der Waals surface area contributed by atoms with Crippen LogP contribution in [0.2, 0.25) is 0 Å². The van der Waals surface area contributed by atoms with E-state index in [4.69, 9.17) is 4.74 Å². The predicted molar refractivity (Wildman–Crippen MR) is 53.4 cm³/mol. The standard InChI is InChI=1S/C9H12N4O3/c1-6-3-9(15)13-8(10-6)4-12(11-13)5-16-7(2)14/h3-4,10-11H,5H2,1-2H3. The van der Waals surface area contributed by atoms with Gasteiger partial charge in [0.2, 0.25) is 0 Å². The van der Waals surface area contributed by atoms with Gasteiger partial charge in [-0.25, -0.2) is 5.01 Å². The number of nitrogens with zero attached hydrogens (tertiary/aromatic N) is 2. The quantitative estimate of drug-likeness (QED) is 0.609. The predicted octanol–water partition coefficient (Wildman–Crippen LogP) is -0.623. The van der Waals surface area contributed by atoms with Crippen LogP contribution in [0.5, 0.6) is 0 Å². The zero-order valence-corrected chi connectivity index (χ0v) is 8.98. The first kappa shape index (κ1) is 10.5. The molecule has 0 fully saturated rings. The van der Waals surface area contributed by atoms with Gasteiger partial charge in [-0.1, -0.05) is 0 Å². The minimum atomic E-state index is -0.376. The van der Waals surface area contributed by atoms with Crippen molar-refractivity contribution >= 4 is 11.9 Å². The van der Waals surface area contributed by atoms with E-state index in [0.717, 1.165) is 5.70 Å². The van der Waals surface area contributed by atoms with Gasteiger partial charge in [-0.3, -0.25) is 14.6 Å². The number of rotatable bonds is 2. The lowest BCUT2D eigenvalue weighted by Gasteiger charge is -2.25. The van der Waals surface area contributed by atoms with Gasteiger partial charge in [0.05, 0.1) is 6.20 Å². The van der Waals surface area contributed by atoms with Crippen molar-refractivity contribution in [2.24, 2.45) is 0 Å². The Hall–Kier alpha value is -2.02. The fourth-order valence-electron chi connectivity index (χ4n) is 1.39. The van der Waals surface area contributed by atoms with E-state index in [1.165, 1.54) is 23.0 Å². The van der Waals surface area contributed by atoms with Crippen LogP contribution in [0, 0.1) is 0 Å². The molecule has 0 unspecified atom stereocenters. The van der Waals surface area contributed by atoms with Gasteiger partial charge >= 0.3 is 5.97 Å². The van der Waals surface area contributed by atoms with Gasteiger partial charge in [-0.05, 0) is 6.92 Å². The Morgan fingerprint density at radius 3 is 3.00 bits per heavy atom. The first-order chi connectivity index (χ1) is 7.56. The number of nitrogens with one attached hydrogen (secondary N) is 2. The summed E-state index contributed by atoms with van der Waals surface area (Å²) in [6.07, 6.45) is 3.12. The highest BCUT2D eigenvalue weighted by Gasteiger charge is 2.28. The van der Waals surface area contributed by atoms with Crippen molar-refractivity contribution in [2.45, 2.75) is 13.8 Å². The minimum Gasteiger partial charge on any atom is -0.443 e. The van der Waals surface area contributed by atoms with Crippen LogP contribution in [0.4, 0.5) is 0 Å². The van der Waals surface area contributed by atoms with Crippen molar-refractivity contribution in [3.05, 3.63) is 23.8 Å². The Kier molecular flexibility index (Phi) is 2.53. The summed E-state index contributed by atoms with van der Waals surface area (Å²) in [5, 5.41) is 5.83. The van der Waals surface area contributed by atoms with Crippen LogP contribution >= 0.6 is 0 Å². The maximum Gasteiger partial charge on any atom is 0.304 e. The number of esters is 1. The monoisotopic (exact) mass is 224 g/mol. The molecule has 0 bridgehead atoms. The number of fused-ring (bicyclic) bond motifs is 1. The molecule has 2 rings (SSSR count). The molecule has 0 aromatic heterocycles. The fraction of sp³-hybridized carbons (Fsp3) is 0.333. The number of allylic oxidation sites excluding steroid dienone is 1. The van der Waals surface area contributed by atoms with Crippen LogP contribution < -0.4 is 10.9 Å². The van der Waals surface area contributed by atoms with E-state index in [1.807, 2.05) is 0 Å². The van der Waals surface area contributed by atoms with Crippen LogP contribution in [-0.4, -0.2) is 28.6 Å². The van der Waals surface area contributed by atoms with E-state index >= 15 is 0 Å². The molecule has 7 nitrogen and oxygen atoms in total. The largest absolute Gasteiger partial charge is 0.443 e. The minimum absolute atomic E-state index is 0.0450. The molecule has 0 aromatic rings. The normalized spacial score (nSPS) is 18.8. The average molecular weight is 224 g/mol. The topological polar surface area (TPSA) is 73.9 Å². The van der Waals surface area contributed by atoms with Crippen molar-refractivity contribution < 1.29 is 14.3 Å². The van der Waals surface area contributed by atoms with Gasteiger partial charge in [0.15, 0.2) is 6.73 Å². The van der Waals surface area contributed by atoms with Gasteiger partial charge in [0.25, 0.3) is 5.91 Å². The van der Waals surface area contributed by atoms with Crippen molar-refractivity contribution in [3.63, 3.8) is 0 Å². The van der Waals surface area contributed by atoms with Gasteiger partial charge in [-0.2, -0.15) is 0 Å². The Labute approximate surface area is 92.3 Å². The lowest BCUT2D eigenvalue weighted by atomic mass is 10.3. The third kappa shape index (κ3) is 1.98. The molecule has 0 saturated carbocycles. The molecule has 1 amide bonds. The Balaban J connectivity index is 2.02. The molecule has 2 heterocycles. The molecule has 0 aromatic carbocycles. The molecule has 0 spiro atoms.